The first-order valence-corrected chi connectivity index (χ1v) is 8.36. The first kappa shape index (κ1) is 18.5. The monoisotopic (exact) mass is 373 g/mol. The van der Waals surface area contributed by atoms with Gasteiger partial charge < -0.3 is 25.0 Å². The van der Waals surface area contributed by atoms with Gasteiger partial charge in [-0.15, -0.1) is 0 Å². The fourth-order valence-corrected chi connectivity index (χ4v) is 2.95. The fourth-order valence-electron chi connectivity index (χ4n) is 2.95. The van der Waals surface area contributed by atoms with E-state index in [4.69, 9.17) is 9.47 Å². The van der Waals surface area contributed by atoms with E-state index < -0.39 is 17.9 Å². The van der Waals surface area contributed by atoms with Crippen LogP contribution >= 0.6 is 0 Å². The first-order valence-electron chi connectivity index (χ1n) is 8.36. The van der Waals surface area contributed by atoms with Gasteiger partial charge in [0.25, 0.3) is 0 Å². The smallest absolute Gasteiger partial charge is 0.319 e. The number of anilines is 2. The Bertz CT molecular complexity index is 859. The molecule has 0 saturated carbocycles. The molecule has 7 nitrogen and oxygen atoms in total. The molecule has 3 rings (SSSR count). The summed E-state index contributed by atoms with van der Waals surface area (Å²) >= 11 is 0. The molecule has 2 aromatic carbocycles. The molecule has 2 aromatic rings. The number of halogens is 1. The molecule has 1 fully saturated rings. The molecule has 2 N–H and O–H groups in total. The summed E-state index contributed by atoms with van der Waals surface area (Å²) in [6.07, 6.45) is 0.152. The lowest BCUT2D eigenvalue weighted by Gasteiger charge is -2.19. The number of ether oxygens (including phenoxy) is 2. The maximum Gasteiger partial charge on any atom is 0.319 e. The van der Waals surface area contributed by atoms with Crippen LogP contribution in [0.15, 0.2) is 42.5 Å². The Labute approximate surface area is 156 Å². The van der Waals surface area contributed by atoms with Crippen LogP contribution in [-0.4, -0.2) is 38.7 Å². The van der Waals surface area contributed by atoms with Crippen molar-refractivity contribution >= 4 is 23.3 Å². The topological polar surface area (TPSA) is 79.9 Å². The standard InChI is InChI=1S/C19H20FN3O4/c1-26-16-8-7-13(10-17(16)27-2)23-11-12(9-18(23)24)21-19(25)22-15-6-4-3-5-14(15)20/h3-8,10,12H,9,11H2,1-2H3,(H2,21,22,25)/t12-/m1/s1. The molecule has 8 heteroatoms. The number of carbonyl (C=O) groups excluding carboxylic acids is 2. The highest BCUT2D eigenvalue weighted by molar-refractivity contribution is 5.98. The minimum Gasteiger partial charge on any atom is -0.493 e. The number of nitrogens with one attached hydrogen (secondary N) is 2. The molecule has 1 heterocycles. The van der Waals surface area contributed by atoms with Crippen molar-refractivity contribution in [3.63, 3.8) is 0 Å². The number of benzene rings is 2. The van der Waals surface area contributed by atoms with Crippen LogP contribution in [0.5, 0.6) is 11.5 Å². The van der Waals surface area contributed by atoms with Crippen LogP contribution in [0.1, 0.15) is 6.42 Å². The van der Waals surface area contributed by atoms with Gasteiger partial charge in [-0.05, 0) is 24.3 Å². The van der Waals surface area contributed by atoms with E-state index in [1.165, 1.54) is 32.4 Å². The maximum absolute atomic E-state index is 13.6. The van der Waals surface area contributed by atoms with Crippen molar-refractivity contribution in [2.24, 2.45) is 0 Å². The van der Waals surface area contributed by atoms with Gasteiger partial charge >= 0.3 is 6.03 Å². The van der Waals surface area contributed by atoms with E-state index >= 15 is 0 Å². The summed E-state index contributed by atoms with van der Waals surface area (Å²) in [5.41, 5.74) is 0.729. The summed E-state index contributed by atoms with van der Waals surface area (Å²) in [6.45, 7) is 0.305. The van der Waals surface area contributed by atoms with Crippen molar-refractivity contribution in [2.75, 3.05) is 31.0 Å². The van der Waals surface area contributed by atoms with Crippen LogP contribution < -0.4 is 25.0 Å². The summed E-state index contributed by atoms with van der Waals surface area (Å²) in [5, 5.41) is 5.15. The minimum atomic E-state index is -0.563. The van der Waals surface area contributed by atoms with Crippen molar-refractivity contribution < 1.29 is 23.5 Å². The molecule has 142 valence electrons. The summed E-state index contributed by atoms with van der Waals surface area (Å²) < 4.78 is 24.1. The van der Waals surface area contributed by atoms with E-state index in [0.717, 1.165) is 0 Å². The van der Waals surface area contributed by atoms with E-state index in [2.05, 4.69) is 10.6 Å². The number of hydrogen-bond donors (Lipinski definition) is 2. The molecule has 1 saturated heterocycles. The number of methoxy groups -OCH3 is 2. The SMILES string of the molecule is COc1ccc(N2C[C@H](NC(=O)Nc3ccccc3F)CC2=O)cc1OC. The molecular formula is C19H20FN3O4. The Morgan fingerprint density at radius 1 is 1.15 bits per heavy atom. The number of hydrogen-bond acceptors (Lipinski definition) is 4. The Balaban J connectivity index is 1.65. The third-order valence-electron chi connectivity index (χ3n) is 4.26. The van der Waals surface area contributed by atoms with Gasteiger partial charge in [0.05, 0.1) is 25.9 Å². The highest BCUT2D eigenvalue weighted by Gasteiger charge is 2.32. The van der Waals surface area contributed by atoms with Crippen molar-refractivity contribution in [1.29, 1.82) is 0 Å². The average Bonchev–Trinajstić information content (AvgIpc) is 3.03. The fraction of sp³-hybridized carbons (Fsp3) is 0.263. The average molecular weight is 373 g/mol. The molecule has 27 heavy (non-hydrogen) atoms. The number of urea groups is 1. The van der Waals surface area contributed by atoms with Crippen LogP contribution in [0.25, 0.3) is 0 Å². The molecule has 1 aliphatic rings. The lowest BCUT2D eigenvalue weighted by atomic mass is 10.2. The van der Waals surface area contributed by atoms with Crippen LogP contribution in [-0.2, 0) is 4.79 Å². The summed E-state index contributed by atoms with van der Waals surface area (Å²) in [5.74, 6) is 0.420. The third-order valence-corrected chi connectivity index (χ3v) is 4.26. The van der Waals surface area contributed by atoms with Gasteiger partial charge in [-0.25, -0.2) is 9.18 Å². The molecule has 3 amide bonds. The second-order valence-corrected chi connectivity index (χ2v) is 6.02. The summed E-state index contributed by atoms with van der Waals surface area (Å²) in [7, 11) is 3.05. The summed E-state index contributed by atoms with van der Waals surface area (Å²) in [4.78, 5) is 26.0. The second kappa shape index (κ2) is 7.94. The highest BCUT2D eigenvalue weighted by atomic mass is 19.1. The molecule has 0 spiro atoms. The zero-order chi connectivity index (χ0) is 19.4. The van der Waals surface area contributed by atoms with Gasteiger partial charge in [0.2, 0.25) is 5.91 Å². The predicted molar refractivity (Wildman–Crippen MR) is 98.9 cm³/mol. The van der Waals surface area contributed by atoms with Gasteiger partial charge in [0.15, 0.2) is 11.5 Å². The molecule has 0 radical (unpaired) electrons. The molecule has 1 atom stereocenters. The van der Waals surface area contributed by atoms with E-state index in [1.807, 2.05) is 0 Å². The van der Waals surface area contributed by atoms with E-state index in [0.29, 0.717) is 23.7 Å². The second-order valence-electron chi connectivity index (χ2n) is 6.02. The van der Waals surface area contributed by atoms with Gasteiger partial charge in [-0.3, -0.25) is 4.79 Å². The Hall–Kier alpha value is -3.29. The number of rotatable bonds is 5. The van der Waals surface area contributed by atoms with Crippen molar-refractivity contribution in [1.82, 2.24) is 5.32 Å². The normalized spacial score (nSPS) is 16.2. The molecule has 0 unspecified atom stereocenters. The number of carbonyl (C=O) groups is 2. The Morgan fingerprint density at radius 2 is 1.89 bits per heavy atom. The Morgan fingerprint density at radius 3 is 2.59 bits per heavy atom. The van der Waals surface area contributed by atoms with Crippen molar-refractivity contribution in [3.8, 4) is 11.5 Å². The number of amides is 3. The van der Waals surface area contributed by atoms with Gasteiger partial charge in [-0.2, -0.15) is 0 Å². The number of para-hydroxylation sites is 1. The summed E-state index contributed by atoms with van der Waals surface area (Å²) in [6, 6.07) is 10.1. The van der Waals surface area contributed by atoms with E-state index in [1.54, 1.807) is 29.2 Å². The molecule has 0 aromatic heterocycles. The molecule has 1 aliphatic heterocycles. The van der Waals surface area contributed by atoms with Crippen LogP contribution in [0.2, 0.25) is 0 Å². The van der Waals surface area contributed by atoms with E-state index in [-0.39, 0.29) is 18.0 Å². The van der Waals surface area contributed by atoms with Gasteiger partial charge in [0.1, 0.15) is 5.82 Å². The Kier molecular flexibility index (Phi) is 5.44. The maximum atomic E-state index is 13.6. The lowest BCUT2D eigenvalue weighted by molar-refractivity contribution is -0.117. The van der Waals surface area contributed by atoms with E-state index in [9.17, 15) is 14.0 Å². The highest BCUT2D eigenvalue weighted by Crippen LogP contribution is 2.33. The largest absolute Gasteiger partial charge is 0.493 e. The minimum absolute atomic E-state index is 0.0797. The molecular weight excluding hydrogens is 353 g/mol. The van der Waals surface area contributed by atoms with Gasteiger partial charge in [-0.1, -0.05) is 12.1 Å². The third kappa shape index (κ3) is 4.11. The lowest BCUT2D eigenvalue weighted by Crippen LogP contribution is -2.39. The molecule has 0 bridgehead atoms. The zero-order valence-corrected chi connectivity index (χ0v) is 15.0. The zero-order valence-electron chi connectivity index (χ0n) is 15.0. The van der Waals surface area contributed by atoms with Crippen molar-refractivity contribution in [2.45, 2.75) is 12.5 Å². The van der Waals surface area contributed by atoms with Crippen LogP contribution in [0.4, 0.5) is 20.6 Å². The van der Waals surface area contributed by atoms with Crippen molar-refractivity contribution in [3.05, 3.63) is 48.3 Å². The van der Waals surface area contributed by atoms with Crippen LogP contribution in [0.3, 0.4) is 0 Å². The first-order chi connectivity index (χ1) is 13.0. The predicted octanol–water partition coefficient (Wildman–Crippen LogP) is 2.77. The quantitative estimate of drug-likeness (QED) is 0.845. The number of nitrogens with zero attached hydrogens (tertiary/aromatic N) is 1. The van der Waals surface area contributed by atoms with Crippen LogP contribution in [0, 0.1) is 5.82 Å². The van der Waals surface area contributed by atoms with Gasteiger partial charge in [0, 0.05) is 24.7 Å². The molecule has 0 aliphatic carbocycles.